The molecular formula is C18H29NO. The number of amides is 1. The summed E-state index contributed by atoms with van der Waals surface area (Å²) in [6, 6.07) is 6.28. The Balaban J connectivity index is 2.43. The fraction of sp³-hybridized carbons (Fsp3) is 0.611. The molecule has 0 radical (unpaired) electrons. The van der Waals surface area contributed by atoms with Gasteiger partial charge in [0.1, 0.15) is 0 Å². The average molecular weight is 275 g/mol. The average Bonchev–Trinajstić information content (AvgIpc) is 2.42. The van der Waals surface area contributed by atoms with E-state index in [1.807, 2.05) is 0 Å². The van der Waals surface area contributed by atoms with Gasteiger partial charge in [0.15, 0.2) is 0 Å². The summed E-state index contributed by atoms with van der Waals surface area (Å²) in [4.78, 5) is 12.0. The van der Waals surface area contributed by atoms with Crippen molar-refractivity contribution in [1.82, 2.24) is 5.32 Å². The molecule has 0 aromatic heterocycles. The van der Waals surface area contributed by atoms with Crippen LogP contribution in [-0.4, -0.2) is 12.5 Å². The van der Waals surface area contributed by atoms with Crippen LogP contribution >= 0.6 is 0 Å². The van der Waals surface area contributed by atoms with Crippen LogP contribution in [0.4, 0.5) is 0 Å². The first kappa shape index (κ1) is 16.7. The largest absolute Gasteiger partial charge is 0.356 e. The first-order valence-corrected chi connectivity index (χ1v) is 7.89. The number of hydrogen-bond donors (Lipinski definition) is 1. The molecule has 0 spiro atoms. The molecule has 2 heteroatoms. The lowest BCUT2D eigenvalue weighted by atomic mass is 9.99. The zero-order chi connectivity index (χ0) is 15.0. The molecule has 1 aromatic carbocycles. The number of nitrogens with one attached hydrogen (secondary N) is 1. The van der Waals surface area contributed by atoms with Crippen molar-refractivity contribution in [2.24, 2.45) is 5.92 Å². The number of carbonyl (C=O) groups is 1. The van der Waals surface area contributed by atoms with E-state index in [1.165, 1.54) is 30.4 Å². The van der Waals surface area contributed by atoms with E-state index in [-0.39, 0.29) is 5.91 Å². The van der Waals surface area contributed by atoms with Crippen LogP contribution in [0.5, 0.6) is 0 Å². The molecule has 0 aliphatic heterocycles. The van der Waals surface area contributed by atoms with Crippen molar-refractivity contribution >= 4 is 5.91 Å². The second-order valence-electron chi connectivity index (χ2n) is 5.83. The van der Waals surface area contributed by atoms with Gasteiger partial charge in [0.05, 0.1) is 6.42 Å². The second kappa shape index (κ2) is 8.78. The third-order valence-electron chi connectivity index (χ3n) is 3.98. The highest BCUT2D eigenvalue weighted by atomic mass is 16.1. The first-order valence-electron chi connectivity index (χ1n) is 7.89. The quantitative estimate of drug-likeness (QED) is 0.757. The van der Waals surface area contributed by atoms with E-state index in [4.69, 9.17) is 0 Å². The number of carbonyl (C=O) groups excluding carboxylic acids is 1. The van der Waals surface area contributed by atoms with Crippen molar-refractivity contribution in [2.75, 3.05) is 6.54 Å². The number of aryl methyl sites for hydroxylation is 2. The third kappa shape index (κ3) is 5.77. The van der Waals surface area contributed by atoms with Gasteiger partial charge >= 0.3 is 0 Å². The van der Waals surface area contributed by atoms with Crippen LogP contribution in [0.1, 0.15) is 56.2 Å². The van der Waals surface area contributed by atoms with Gasteiger partial charge < -0.3 is 5.32 Å². The van der Waals surface area contributed by atoms with E-state index in [2.05, 4.69) is 51.2 Å². The van der Waals surface area contributed by atoms with Crippen molar-refractivity contribution < 1.29 is 4.79 Å². The summed E-state index contributed by atoms with van der Waals surface area (Å²) in [5, 5.41) is 3.09. The van der Waals surface area contributed by atoms with Crippen LogP contribution in [0.15, 0.2) is 18.2 Å². The molecule has 1 amide bonds. The molecule has 20 heavy (non-hydrogen) atoms. The number of hydrogen-bond acceptors (Lipinski definition) is 1. The van der Waals surface area contributed by atoms with Crippen LogP contribution in [-0.2, 0) is 11.2 Å². The highest BCUT2D eigenvalue weighted by Gasteiger charge is 2.10. The summed E-state index contributed by atoms with van der Waals surface area (Å²) in [5.41, 5.74) is 3.59. The number of unbranched alkanes of at least 4 members (excludes halogenated alkanes) is 1. The monoisotopic (exact) mass is 275 g/mol. The van der Waals surface area contributed by atoms with E-state index < -0.39 is 0 Å². The summed E-state index contributed by atoms with van der Waals surface area (Å²) in [6.07, 6.45) is 5.34. The van der Waals surface area contributed by atoms with Crippen molar-refractivity contribution in [1.29, 1.82) is 0 Å². The maximum Gasteiger partial charge on any atom is 0.224 e. The van der Waals surface area contributed by atoms with Crippen molar-refractivity contribution in [3.8, 4) is 0 Å². The number of rotatable bonds is 8. The molecule has 0 fully saturated rings. The van der Waals surface area contributed by atoms with Gasteiger partial charge in [0, 0.05) is 6.54 Å². The van der Waals surface area contributed by atoms with E-state index in [0.29, 0.717) is 12.3 Å². The Bertz CT molecular complexity index is 425. The zero-order valence-corrected chi connectivity index (χ0v) is 13.5. The van der Waals surface area contributed by atoms with E-state index in [9.17, 15) is 4.79 Å². The molecule has 0 bridgehead atoms. The van der Waals surface area contributed by atoms with Crippen LogP contribution in [0.3, 0.4) is 0 Å². The molecule has 1 aromatic rings. The van der Waals surface area contributed by atoms with Crippen molar-refractivity contribution in [3.63, 3.8) is 0 Å². The summed E-state index contributed by atoms with van der Waals surface area (Å²) in [7, 11) is 0. The summed E-state index contributed by atoms with van der Waals surface area (Å²) < 4.78 is 0. The second-order valence-corrected chi connectivity index (χ2v) is 5.83. The van der Waals surface area contributed by atoms with Gasteiger partial charge in [-0.15, -0.1) is 0 Å². The summed E-state index contributed by atoms with van der Waals surface area (Å²) in [5.74, 6) is 0.768. The molecule has 0 aliphatic rings. The Hall–Kier alpha value is -1.31. The van der Waals surface area contributed by atoms with Gasteiger partial charge in [-0.1, -0.05) is 56.9 Å². The highest BCUT2D eigenvalue weighted by Crippen LogP contribution is 2.13. The Morgan fingerprint density at radius 2 is 2.00 bits per heavy atom. The lowest BCUT2D eigenvalue weighted by Gasteiger charge is -2.15. The minimum Gasteiger partial charge on any atom is -0.356 e. The Morgan fingerprint density at radius 3 is 2.60 bits per heavy atom. The molecular weight excluding hydrogens is 246 g/mol. The molecule has 0 saturated heterocycles. The van der Waals surface area contributed by atoms with Gasteiger partial charge in [-0.3, -0.25) is 4.79 Å². The Morgan fingerprint density at radius 1 is 1.25 bits per heavy atom. The van der Waals surface area contributed by atoms with E-state index >= 15 is 0 Å². The minimum absolute atomic E-state index is 0.145. The van der Waals surface area contributed by atoms with Crippen LogP contribution in [0, 0.1) is 19.8 Å². The molecule has 0 saturated carbocycles. The molecule has 0 heterocycles. The topological polar surface area (TPSA) is 29.1 Å². The molecule has 1 N–H and O–H groups in total. The van der Waals surface area contributed by atoms with Crippen LogP contribution in [0.25, 0.3) is 0 Å². The van der Waals surface area contributed by atoms with E-state index in [0.717, 1.165) is 18.5 Å². The molecule has 1 unspecified atom stereocenters. The predicted molar refractivity (Wildman–Crippen MR) is 85.9 cm³/mol. The summed E-state index contributed by atoms with van der Waals surface area (Å²) in [6.45, 7) is 9.39. The zero-order valence-electron chi connectivity index (χ0n) is 13.5. The maximum absolute atomic E-state index is 12.0. The van der Waals surface area contributed by atoms with Crippen molar-refractivity contribution in [2.45, 2.75) is 59.8 Å². The summed E-state index contributed by atoms with van der Waals surface area (Å²) >= 11 is 0. The van der Waals surface area contributed by atoms with Crippen molar-refractivity contribution in [3.05, 3.63) is 34.9 Å². The van der Waals surface area contributed by atoms with Gasteiger partial charge in [0.2, 0.25) is 5.91 Å². The molecule has 1 rings (SSSR count). The molecule has 112 valence electrons. The van der Waals surface area contributed by atoms with Crippen LogP contribution < -0.4 is 5.32 Å². The molecule has 1 atom stereocenters. The highest BCUT2D eigenvalue weighted by molar-refractivity contribution is 5.78. The predicted octanol–water partition coefficient (Wildman–Crippen LogP) is 4.18. The SMILES string of the molecule is CCCCC(CC)CNC(=O)Cc1ccc(C)cc1C. The number of benzene rings is 1. The fourth-order valence-corrected chi connectivity index (χ4v) is 2.48. The van der Waals surface area contributed by atoms with Gasteiger partial charge in [-0.2, -0.15) is 0 Å². The lowest BCUT2D eigenvalue weighted by Crippen LogP contribution is -2.30. The Labute approximate surface area is 124 Å². The maximum atomic E-state index is 12.0. The van der Waals surface area contributed by atoms with Gasteiger partial charge in [0.25, 0.3) is 0 Å². The fourth-order valence-electron chi connectivity index (χ4n) is 2.48. The van der Waals surface area contributed by atoms with E-state index in [1.54, 1.807) is 0 Å². The molecule has 0 aliphatic carbocycles. The van der Waals surface area contributed by atoms with Gasteiger partial charge in [-0.05, 0) is 37.3 Å². The van der Waals surface area contributed by atoms with Gasteiger partial charge in [-0.25, -0.2) is 0 Å². The normalized spacial score (nSPS) is 12.2. The van der Waals surface area contributed by atoms with Crippen LogP contribution in [0.2, 0.25) is 0 Å². The third-order valence-corrected chi connectivity index (χ3v) is 3.98. The Kier molecular flexibility index (Phi) is 7.35. The first-order chi connectivity index (χ1) is 9.56. The smallest absolute Gasteiger partial charge is 0.224 e. The standard InChI is InChI=1S/C18H29NO/c1-5-7-8-16(6-2)13-19-18(20)12-17-10-9-14(3)11-15(17)4/h9-11,16H,5-8,12-13H2,1-4H3,(H,19,20). The molecule has 2 nitrogen and oxygen atoms in total. The lowest BCUT2D eigenvalue weighted by molar-refractivity contribution is -0.120. The minimum atomic E-state index is 0.145.